The summed E-state index contributed by atoms with van der Waals surface area (Å²) in [6.45, 7) is 6.68. The summed E-state index contributed by atoms with van der Waals surface area (Å²) in [4.78, 5) is 22.3. The first kappa shape index (κ1) is 12.0. The molecular formula is C11H19NO3. The van der Waals surface area contributed by atoms with E-state index in [-0.39, 0.29) is 17.2 Å². The van der Waals surface area contributed by atoms with Crippen LogP contribution in [0.25, 0.3) is 0 Å². The Morgan fingerprint density at radius 1 is 1.27 bits per heavy atom. The van der Waals surface area contributed by atoms with E-state index in [1.54, 1.807) is 0 Å². The average molecular weight is 213 g/mol. The van der Waals surface area contributed by atoms with E-state index in [1.807, 2.05) is 20.8 Å². The van der Waals surface area contributed by atoms with Crippen molar-refractivity contribution in [3.8, 4) is 0 Å². The minimum absolute atomic E-state index is 0.0398. The number of carboxylic acid groups (broad SMARTS) is 1. The van der Waals surface area contributed by atoms with Gasteiger partial charge in [0.2, 0.25) is 5.91 Å². The summed E-state index contributed by atoms with van der Waals surface area (Å²) in [6.07, 6.45) is 1.33. The molecule has 0 aromatic rings. The second-order valence-electron chi connectivity index (χ2n) is 5.41. The third kappa shape index (κ3) is 3.22. The molecule has 1 fully saturated rings. The van der Waals surface area contributed by atoms with E-state index in [0.717, 1.165) is 0 Å². The van der Waals surface area contributed by atoms with Gasteiger partial charge >= 0.3 is 5.97 Å². The molecule has 0 aliphatic heterocycles. The van der Waals surface area contributed by atoms with Crippen molar-refractivity contribution in [3.05, 3.63) is 0 Å². The third-order valence-electron chi connectivity index (χ3n) is 2.72. The first-order valence-electron chi connectivity index (χ1n) is 5.32. The Morgan fingerprint density at radius 2 is 1.80 bits per heavy atom. The van der Waals surface area contributed by atoms with Crippen LogP contribution in [0.5, 0.6) is 0 Å². The first-order valence-corrected chi connectivity index (χ1v) is 5.32. The van der Waals surface area contributed by atoms with Crippen molar-refractivity contribution < 1.29 is 14.7 Å². The van der Waals surface area contributed by atoms with E-state index < -0.39 is 11.9 Å². The molecule has 1 aliphatic rings. The highest BCUT2D eigenvalue weighted by atomic mass is 16.4. The van der Waals surface area contributed by atoms with Gasteiger partial charge in [-0.1, -0.05) is 20.8 Å². The molecule has 2 atom stereocenters. The smallest absolute Gasteiger partial charge is 0.307 e. The summed E-state index contributed by atoms with van der Waals surface area (Å²) < 4.78 is 0. The lowest BCUT2D eigenvalue weighted by Gasteiger charge is -2.32. The lowest BCUT2D eigenvalue weighted by molar-refractivity contribution is -0.152. The molecule has 2 unspecified atom stereocenters. The van der Waals surface area contributed by atoms with Crippen LogP contribution in [0.15, 0.2) is 0 Å². The lowest BCUT2D eigenvalue weighted by Crippen LogP contribution is -2.45. The van der Waals surface area contributed by atoms with Crippen LogP contribution >= 0.6 is 0 Å². The molecule has 0 heterocycles. The zero-order valence-corrected chi connectivity index (χ0v) is 9.54. The predicted molar refractivity (Wildman–Crippen MR) is 56.3 cm³/mol. The Kier molecular flexibility index (Phi) is 3.37. The highest BCUT2D eigenvalue weighted by Gasteiger charge is 2.41. The average Bonchev–Trinajstić information content (AvgIpc) is 1.96. The van der Waals surface area contributed by atoms with Crippen LogP contribution in [0, 0.1) is 17.3 Å². The normalized spacial score (nSPS) is 25.5. The van der Waals surface area contributed by atoms with Gasteiger partial charge in [-0.3, -0.25) is 9.59 Å². The van der Waals surface area contributed by atoms with Crippen molar-refractivity contribution in [1.82, 2.24) is 5.32 Å². The Morgan fingerprint density at radius 3 is 2.13 bits per heavy atom. The highest BCUT2D eigenvalue weighted by molar-refractivity contribution is 5.86. The van der Waals surface area contributed by atoms with Gasteiger partial charge in [-0.2, -0.15) is 0 Å². The molecule has 0 saturated heterocycles. The molecule has 1 saturated carbocycles. The Balaban J connectivity index is 2.39. The van der Waals surface area contributed by atoms with Gasteiger partial charge in [0.15, 0.2) is 0 Å². The van der Waals surface area contributed by atoms with Gasteiger partial charge in [-0.05, 0) is 18.3 Å². The number of carbonyl (C=O) groups excluding carboxylic acids is 1. The minimum Gasteiger partial charge on any atom is -0.481 e. The minimum atomic E-state index is -0.850. The van der Waals surface area contributed by atoms with Gasteiger partial charge in [0, 0.05) is 6.54 Å². The summed E-state index contributed by atoms with van der Waals surface area (Å²) in [7, 11) is 0. The summed E-state index contributed by atoms with van der Waals surface area (Å²) in [6, 6.07) is 0. The molecule has 1 aliphatic carbocycles. The molecule has 0 aromatic heterocycles. The standard InChI is InChI=1S/C11H19NO3/c1-11(2,3)6-12-9(13)7-4-5-8(7)10(14)15/h7-8H,4-6H2,1-3H3,(H,12,13)(H,14,15). The topological polar surface area (TPSA) is 66.4 Å². The molecular weight excluding hydrogens is 194 g/mol. The fourth-order valence-corrected chi connectivity index (χ4v) is 1.59. The van der Waals surface area contributed by atoms with E-state index in [0.29, 0.717) is 19.4 Å². The first-order chi connectivity index (χ1) is 6.81. The number of carboxylic acids is 1. The molecule has 0 radical (unpaired) electrons. The number of carbonyl (C=O) groups is 2. The van der Waals surface area contributed by atoms with Crippen molar-refractivity contribution in [1.29, 1.82) is 0 Å². The van der Waals surface area contributed by atoms with Crippen molar-refractivity contribution in [3.63, 3.8) is 0 Å². The van der Waals surface area contributed by atoms with E-state index >= 15 is 0 Å². The van der Waals surface area contributed by atoms with Crippen molar-refractivity contribution >= 4 is 11.9 Å². The van der Waals surface area contributed by atoms with Gasteiger partial charge in [-0.15, -0.1) is 0 Å². The molecule has 0 aromatic carbocycles. The Labute approximate surface area is 90.0 Å². The fourth-order valence-electron chi connectivity index (χ4n) is 1.59. The van der Waals surface area contributed by atoms with Crippen LogP contribution in [0.2, 0.25) is 0 Å². The number of aliphatic carboxylic acids is 1. The summed E-state index contributed by atoms with van der Waals surface area (Å²) in [5.41, 5.74) is 0.0398. The molecule has 2 N–H and O–H groups in total. The quantitative estimate of drug-likeness (QED) is 0.741. The molecule has 15 heavy (non-hydrogen) atoms. The van der Waals surface area contributed by atoms with Crippen LogP contribution in [0.3, 0.4) is 0 Å². The maximum absolute atomic E-state index is 11.6. The van der Waals surface area contributed by atoms with Gasteiger partial charge < -0.3 is 10.4 Å². The summed E-state index contributed by atoms with van der Waals surface area (Å²) >= 11 is 0. The second-order valence-corrected chi connectivity index (χ2v) is 5.41. The van der Waals surface area contributed by atoms with Crippen LogP contribution in [0.4, 0.5) is 0 Å². The van der Waals surface area contributed by atoms with Gasteiger partial charge in [0.1, 0.15) is 0 Å². The van der Waals surface area contributed by atoms with Gasteiger partial charge in [0.05, 0.1) is 11.8 Å². The molecule has 0 spiro atoms. The Bertz CT molecular complexity index is 267. The van der Waals surface area contributed by atoms with E-state index in [2.05, 4.69) is 5.32 Å². The largest absolute Gasteiger partial charge is 0.481 e. The highest BCUT2D eigenvalue weighted by Crippen LogP contribution is 2.34. The van der Waals surface area contributed by atoms with Crippen LogP contribution in [-0.4, -0.2) is 23.5 Å². The number of hydrogen-bond donors (Lipinski definition) is 2. The molecule has 0 bridgehead atoms. The molecule has 86 valence electrons. The van der Waals surface area contributed by atoms with Gasteiger partial charge in [-0.25, -0.2) is 0 Å². The van der Waals surface area contributed by atoms with Crippen molar-refractivity contribution in [2.24, 2.45) is 17.3 Å². The van der Waals surface area contributed by atoms with Crippen LogP contribution in [-0.2, 0) is 9.59 Å². The maximum atomic E-state index is 11.6. The SMILES string of the molecule is CC(C)(C)CNC(=O)C1CCC1C(=O)O. The zero-order chi connectivity index (χ0) is 11.6. The third-order valence-corrected chi connectivity index (χ3v) is 2.72. The molecule has 1 rings (SSSR count). The van der Waals surface area contributed by atoms with E-state index in [4.69, 9.17) is 5.11 Å². The summed E-state index contributed by atoms with van der Waals surface area (Å²) in [5.74, 6) is -1.74. The molecule has 4 heteroatoms. The van der Waals surface area contributed by atoms with E-state index in [9.17, 15) is 9.59 Å². The van der Waals surface area contributed by atoms with Crippen LogP contribution in [0.1, 0.15) is 33.6 Å². The molecule has 1 amide bonds. The van der Waals surface area contributed by atoms with Gasteiger partial charge in [0.25, 0.3) is 0 Å². The zero-order valence-electron chi connectivity index (χ0n) is 9.54. The summed E-state index contributed by atoms with van der Waals surface area (Å²) in [5, 5.41) is 11.6. The van der Waals surface area contributed by atoms with E-state index in [1.165, 1.54) is 0 Å². The predicted octanol–water partition coefficient (Wildman–Crippen LogP) is 1.26. The second kappa shape index (κ2) is 4.21. The number of nitrogens with one attached hydrogen (secondary N) is 1. The molecule has 4 nitrogen and oxygen atoms in total. The fraction of sp³-hybridized carbons (Fsp3) is 0.818. The lowest BCUT2D eigenvalue weighted by atomic mass is 9.73. The number of hydrogen-bond acceptors (Lipinski definition) is 2. The Hall–Kier alpha value is -1.06. The van der Waals surface area contributed by atoms with Crippen LogP contribution < -0.4 is 5.32 Å². The number of rotatable bonds is 3. The maximum Gasteiger partial charge on any atom is 0.307 e. The van der Waals surface area contributed by atoms with Crippen molar-refractivity contribution in [2.45, 2.75) is 33.6 Å². The monoisotopic (exact) mass is 213 g/mol. The number of amides is 1. The van der Waals surface area contributed by atoms with Crippen molar-refractivity contribution in [2.75, 3.05) is 6.54 Å².